The third kappa shape index (κ3) is 10.5. The Hall–Kier alpha value is -0.910. The summed E-state index contributed by atoms with van der Waals surface area (Å²) in [5.74, 6) is 4.00. The van der Waals surface area contributed by atoms with Gasteiger partial charge in [0.2, 0.25) is 5.89 Å². The molecule has 1 aromatic rings. The van der Waals surface area contributed by atoms with Gasteiger partial charge in [-0.25, -0.2) is 4.98 Å². The summed E-state index contributed by atoms with van der Waals surface area (Å²) in [6, 6.07) is 0. The Balaban J connectivity index is 0.00000385. The largest absolute Gasteiger partial charge is 0.444 e. The number of rotatable bonds is 11. The highest BCUT2D eigenvalue weighted by atomic mass is 127. The molecule has 0 aliphatic carbocycles. The molecule has 2 aliphatic heterocycles. The third-order valence-electron chi connectivity index (χ3n) is 6.44. The third-order valence-corrected chi connectivity index (χ3v) is 6.44. The first-order chi connectivity index (χ1) is 15.6. The van der Waals surface area contributed by atoms with E-state index in [0.717, 1.165) is 108 Å². The van der Waals surface area contributed by atoms with E-state index in [2.05, 4.69) is 27.4 Å². The number of oxazole rings is 1. The van der Waals surface area contributed by atoms with Crippen LogP contribution in [0.3, 0.4) is 0 Å². The maximum absolute atomic E-state index is 5.86. The zero-order valence-corrected chi connectivity index (χ0v) is 23.1. The highest BCUT2D eigenvalue weighted by Gasteiger charge is 2.21. The second-order valence-electron chi connectivity index (χ2n) is 9.10. The number of aliphatic imine (C=N–C) groups is 1. The molecule has 0 spiro atoms. The summed E-state index contributed by atoms with van der Waals surface area (Å²) in [5.41, 5.74) is 0.999. The van der Waals surface area contributed by atoms with Gasteiger partial charge in [-0.1, -0.05) is 0 Å². The average Bonchev–Trinajstić information content (AvgIpc) is 3.12. The lowest BCUT2D eigenvalue weighted by Gasteiger charge is -2.30. The number of likely N-dealkylation sites (tertiary alicyclic amines) is 1. The van der Waals surface area contributed by atoms with Crippen molar-refractivity contribution in [2.45, 2.75) is 59.4 Å². The van der Waals surface area contributed by atoms with Gasteiger partial charge in [-0.2, -0.15) is 0 Å². The molecular formula is C24H44IN5O3. The predicted molar refractivity (Wildman–Crippen MR) is 142 cm³/mol. The topological polar surface area (TPSA) is 84.2 Å². The van der Waals surface area contributed by atoms with Crippen molar-refractivity contribution in [3.05, 3.63) is 17.3 Å². The van der Waals surface area contributed by atoms with Crippen molar-refractivity contribution in [2.24, 2.45) is 16.8 Å². The van der Waals surface area contributed by atoms with E-state index in [4.69, 9.17) is 18.9 Å². The van der Waals surface area contributed by atoms with E-state index < -0.39 is 0 Å². The molecule has 0 unspecified atom stereocenters. The van der Waals surface area contributed by atoms with Crippen LogP contribution in [0.15, 0.2) is 9.41 Å². The summed E-state index contributed by atoms with van der Waals surface area (Å²) < 4.78 is 17.0. The second-order valence-corrected chi connectivity index (χ2v) is 9.10. The van der Waals surface area contributed by atoms with E-state index in [0.29, 0.717) is 11.8 Å². The zero-order chi connectivity index (χ0) is 22.6. The molecule has 9 heteroatoms. The van der Waals surface area contributed by atoms with Crippen LogP contribution in [0, 0.1) is 25.7 Å². The summed E-state index contributed by atoms with van der Waals surface area (Å²) >= 11 is 0. The monoisotopic (exact) mass is 577 g/mol. The number of piperidine rings is 1. The summed E-state index contributed by atoms with van der Waals surface area (Å²) in [4.78, 5) is 11.8. The van der Waals surface area contributed by atoms with Crippen LogP contribution in [-0.2, 0) is 16.0 Å². The minimum absolute atomic E-state index is 0. The standard InChI is InChI=1S/C24H43N5O3.HI/c1-4-25-24(26-10-5-13-31-18-22-8-14-30-15-9-22)27-16-21-6-11-29(12-7-21)17-23-28-19(2)20(3)32-23;/h21-22H,4-18H2,1-3H3,(H2,25,26,27);1H. The Morgan fingerprint density at radius 1 is 1.12 bits per heavy atom. The van der Waals surface area contributed by atoms with Gasteiger partial charge in [0.15, 0.2) is 5.96 Å². The molecule has 2 N–H and O–H groups in total. The molecule has 2 fully saturated rings. The minimum atomic E-state index is 0. The Labute approximate surface area is 216 Å². The van der Waals surface area contributed by atoms with Crippen LogP contribution in [0.2, 0.25) is 0 Å². The van der Waals surface area contributed by atoms with Crippen molar-refractivity contribution in [1.29, 1.82) is 0 Å². The molecule has 3 heterocycles. The average molecular weight is 578 g/mol. The Morgan fingerprint density at radius 3 is 2.55 bits per heavy atom. The molecule has 190 valence electrons. The van der Waals surface area contributed by atoms with E-state index in [9.17, 15) is 0 Å². The maximum Gasteiger partial charge on any atom is 0.208 e. The summed E-state index contributed by atoms with van der Waals surface area (Å²) in [7, 11) is 0. The first-order valence-electron chi connectivity index (χ1n) is 12.5. The van der Waals surface area contributed by atoms with E-state index in [1.807, 2.05) is 13.8 Å². The van der Waals surface area contributed by atoms with E-state index in [-0.39, 0.29) is 24.0 Å². The number of aryl methyl sites for hydroxylation is 2. The van der Waals surface area contributed by atoms with Crippen LogP contribution in [-0.4, -0.2) is 75.0 Å². The van der Waals surface area contributed by atoms with Crippen molar-refractivity contribution in [3.63, 3.8) is 0 Å². The highest BCUT2D eigenvalue weighted by Crippen LogP contribution is 2.20. The number of hydrogen-bond acceptors (Lipinski definition) is 6. The first kappa shape index (κ1) is 28.3. The van der Waals surface area contributed by atoms with Gasteiger partial charge in [-0.15, -0.1) is 24.0 Å². The lowest BCUT2D eigenvalue weighted by atomic mass is 9.97. The SMILES string of the molecule is CCNC(=NCC1CCN(Cc2nc(C)c(C)o2)CC1)NCCCOCC1CCOCC1.I. The molecule has 3 rings (SSSR count). The van der Waals surface area contributed by atoms with Crippen LogP contribution in [0.25, 0.3) is 0 Å². The molecule has 8 nitrogen and oxygen atoms in total. The van der Waals surface area contributed by atoms with Crippen molar-refractivity contribution < 1.29 is 13.9 Å². The highest BCUT2D eigenvalue weighted by molar-refractivity contribution is 14.0. The van der Waals surface area contributed by atoms with Crippen LogP contribution >= 0.6 is 24.0 Å². The molecule has 33 heavy (non-hydrogen) atoms. The molecule has 0 saturated carbocycles. The molecule has 2 aliphatic rings. The van der Waals surface area contributed by atoms with E-state index in [1.54, 1.807) is 0 Å². The number of nitrogens with zero attached hydrogens (tertiary/aromatic N) is 3. The normalized spacial score (nSPS) is 18.8. The van der Waals surface area contributed by atoms with Gasteiger partial charge in [0.05, 0.1) is 12.2 Å². The van der Waals surface area contributed by atoms with Gasteiger partial charge in [0, 0.05) is 46.1 Å². The Morgan fingerprint density at radius 2 is 1.88 bits per heavy atom. The fourth-order valence-electron chi connectivity index (χ4n) is 4.23. The summed E-state index contributed by atoms with van der Waals surface area (Å²) in [6.45, 7) is 15.1. The molecule has 1 aromatic heterocycles. The molecule has 0 bridgehead atoms. The molecule has 0 aromatic carbocycles. The lowest BCUT2D eigenvalue weighted by molar-refractivity contribution is 0.0203. The van der Waals surface area contributed by atoms with Crippen LogP contribution in [0.4, 0.5) is 0 Å². The lowest BCUT2D eigenvalue weighted by Crippen LogP contribution is -2.39. The smallest absolute Gasteiger partial charge is 0.208 e. The fourth-order valence-corrected chi connectivity index (χ4v) is 4.23. The number of guanidine groups is 1. The zero-order valence-electron chi connectivity index (χ0n) is 20.7. The minimum Gasteiger partial charge on any atom is -0.444 e. The van der Waals surface area contributed by atoms with Gasteiger partial charge in [0.1, 0.15) is 5.76 Å². The fraction of sp³-hybridized carbons (Fsp3) is 0.833. The van der Waals surface area contributed by atoms with Crippen LogP contribution < -0.4 is 10.6 Å². The van der Waals surface area contributed by atoms with E-state index >= 15 is 0 Å². The molecular weight excluding hydrogens is 533 g/mol. The van der Waals surface area contributed by atoms with Crippen molar-refractivity contribution >= 4 is 29.9 Å². The van der Waals surface area contributed by atoms with Crippen molar-refractivity contribution in [1.82, 2.24) is 20.5 Å². The van der Waals surface area contributed by atoms with Crippen molar-refractivity contribution in [3.8, 4) is 0 Å². The molecule has 0 radical (unpaired) electrons. The van der Waals surface area contributed by atoms with Crippen LogP contribution in [0.5, 0.6) is 0 Å². The van der Waals surface area contributed by atoms with Gasteiger partial charge in [0.25, 0.3) is 0 Å². The van der Waals surface area contributed by atoms with Crippen LogP contribution in [0.1, 0.15) is 56.4 Å². The van der Waals surface area contributed by atoms with Gasteiger partial charge < -0.3 is 24.5 Å². The number of halogens is 1. The second kappa shape index (κ2) is 15.9. The van der Waals surface area contributed by atoms with Gasteiger partial charge in [-0.05, 0) is 77.8 Å². The Bertz CT molecular complexity index is 666. The number of aromatic nitrogens is 1. The summed E-state index contributed by atoms with van der Waals surface area (Å²) in [6.07, 6.45) is 5.59. The number of nitrogens with one attached hydrogen (secondary N) is 2. The molecule has 2 saturated heterocycles. The maximum atomic E-state index is 5.86. The first-order valence-corrected chi connectivity index (χ1v) is 12.5. The van der Waals surface area contributed by atoms with Gasteiger partial charge in [-0.3, -0.25) is 9.89 Å². The predicted octanol–water partition coefficient (Wildman–Crippen LogP) is 3.51. The van der Waals surface area contributed by atoms with Crippen molar-refractivity contribution in [2.75, 3.05) is 59.2 Å². The quantitative estimate of drug-likeness (QED) is 0.180. The summed E-state index contributed by atoms with van der Waals surface area (Å²) in [5, 5.41) is 6.82. The van der Waals surface area contributed by atoms with Gasteiger partial charge >= 0.3 is 0 Å². The number of ether oxygens (including phenoxy) is 2. The molecule has 0 amide bonds. The van der Waals surface area contributed by atoms with E-state index in [1.165, 1.54) is 12.8 Å². The Kier molecular flexibility index (Phi) is 13.6. The number of hydrogen-bond donors (Lipinski definition) is 2. The molecule has 0 atom stereocenters.